The van der Waals surface area contributed by atoms with Crippen molar-refractivity contribution in [3.8, 4) is 0 Å². The second-order valence-electron chi connectivity index (χ2n) is 5.40. The van der Waals surface area contributed by atoms with Gasteiger partial charge in [0.05, 0.1) is 11.8 Å². The van der Waals surface area contributed by atoms with Gasteiger partial charge >= 0.3 is 0 Å². The van der Waals surface area contributed by atoms with E-state index in [0.717, 1.165) is 5.56 Å². The molecule has 0 fully saturated rings. The number of thioether (sulfide) groups is 1. The number of carbonyl (C=O) groups excluding carboxylic acids is 2. The van der Waals surface area contributed by atoms with E-state index in [1.807, 2.05) is 37.5 Å². The average molecular weight is 347 g/mol. The largest absolute Gasteiger partial charge is 0.369 e. The van der Waals surface area contributed by atoms with Crippen LogP contribution in [0, 0.1) is 6.92 Å². The van der Waals surface area contributed by atoms with Crippen LogP contribution in [0.2, 0.25) is 0 Å². The zero-order chi connectivity index (χ0) is 17.7. The fourth-order valence-corrected chi connectivity index (χ4v) is 2.96. The number of nitrogens with zero attached hydrogens (tertiary/aromatic N) is 3. The zero-order valence-corrected chi connectivity index (χ0v) is 14.8. The molecule has 0 saturated heterocycles. The summed E-state index contributed by atoms with van der Waals surface area (Å²) < 4.78 is 1.87. The molecule has 0 spiro atoms. The van der Waals surface area contributed by atoms with E-state index in [1.165, 1.54) is 11.8 Å². The van der Waals surface area contributed by atoms with Crippen molar-refractivity contribution in [1.29, 1.82) is 0 Å². The second kappa shape index (κ2) is 7.96. The summed E-state index contributed by atoms with van der Waals surface area (Å²) in [7, 11) is 0. The van der Waals surface area contributed by atoms with Crippen LogP contribution < -0.4 is 11.1 Å². The summed E-state index contributed by atoms with van der Waals surface area (Å²) in [5.74, 6) is 0.208. The van der Waals surface area contributed by atoms with Crippen LogP contribution in [0.3, 0.4) is 0 Å². The van der Waals surface area contributed by atoms with Gasteiger partial charge in [-0.2, -0.15) is 0 Å². The molecule has 0 unspecified atom stereocenters. The number of carbonyl (C=O) groups is 2. The molecular formula is C16H21N5O2S. The highest BCUT2D eigenvalue weighted by Crippen LogP contribution is 2.20. The number of primary amides is 1. The van der Waals surface area contributed by atoms with Crippen molar-refractivity contribution in [3.63, 3.8) is 0 Å². The number of hydrogen-bond donors (Lipinski definition) is 2. The van der Waals surface area contributed by atoms with Gasteiger partial charge in [0, 0.05) is 12.1 Å². The van der Waals surface area contributed by atoms with E-state index < -0.39 is 5.91 Å². The Morgan fingerprint density at radius 1 is 1.29 bits per heavy atom. The molecule has 2 aromatic rings. The lowest BCUT2D eigenvalue weighted by Crippen LogP contribution is -2.28. The maximum absolute atomic E-state index is 12.3. The fraction of sp³-hybridized carbons (Fsp3) is 0.375. The summed E-state index contributed by atoms with van der Waals surface area (Å²) in [5, 5.41) is 11.8. The Morgan fingerprint density at radius 2 is 1.96 bits per heavy atom. The second-order valence-corrected chi connectivity index (χ2v) is 6.34. The highest BCUT2D eigenvalue weighted by atomic mass is 32.2. The zero-order valence-electron chi connectivity index (χ0n) is 13.9. The summed E-state index contributed by atoms with van der Waals surface area (Å²) >= 11 is 1.24. The van der Waals surface area contributed by atoms with Crippen LogP contribution in [0.1, 0.15) is 41.6 Å². The van der Waals surface area contributed by atoms with Gasteiger partial charge in [0.2, 0.25) is 5.91 Å². The van der Waals surface area contributed by atoms with Gasteiger partial charge in [0.15, 0.2) is 11.0 Å². The lowest BCUT2D eigenvalue weighted by atomic mass is 10.1. The lowest BCUT2D eigenvalue weighted by molar-refractivity contribution is -0.115. The van der Waals surface area contributed by atoms with Gasteiger partial charge in [-0.05, 0) is 32.9 Å². The molecule has 24 heavy (non-hydrogen) atoms. The van der Waals surface area contributed by atoms with Crippen molar-refractivity contribution >= 4 is 23.6 Å². The van der Waals surface area contributed by atoms with E-state index in [2.05, 4.69) is 15.5 Å². The Morgan fingerprint density at radius 3 is 2.54 bits per heavy atom. The summed E-state index contributed by atoms with van der Waals surface area (Å²) in [5.41, 5.74) is 6.86. The maximum atomic E-state index is 12.3. The molecule has 1 aromatic heterocycles. The van der Waals surface area contributed by atoms with Crippen LogP contribution in [0.4, 0.5) is 0 Å². The van der Waals surface area contributed by atoms with Gasteiger partial charge in [-0.25, -0.2) is 0 Å². The molecule has 0 aliphatic rings. The molecule has 0 saturated carbocycles. The minimum Gasteiger partial charge on any atom is -0.369 e. The number of amides is 2. The van der Waals surface area contributed by atoms with Crippen LogP contribution in [0.15, 0.2) is 29.4 Å². The minimum absolute atomic E-state index is 0.141. The van der Waals surface area contributed by atoms with Crippen molar-refractivity contribution in [3.05, 3.63) is 41.2 Å². The lowest BCUT2D eigenvalue weighted by Gasteiger charge is -2.15. The van der Waals surface area contributed by atoms with Crippen LogP contribution >= 0.6 is 11.8 Å². The van der Waals surface area contributed by atoms with Crippen molar-refractivity contribution < 1.29 is 9.59 Å². The fourth-order valence-electron chi connectivity index (χ4n) is 2.21. The molecule has 1 aromatic carbocycles. The molecular weight excluding hydrogens is 326 g/mol. The Hall–Kier alpha value is -2.35. The highest BCUT2D eigenvalue weighted by Gasteiger charge is 2.19. The van der Waals surface area contributed by atoms with E-state index in [-0.39, 0.29) is 17.7 Å². The van der Waals surface area contributed by atoms with Crippen molar-refractivity contribution in [2.45, 2.75) is 38.5 Å². The smallest absolute Gasteiger partial charge is 0.251 e. The summed E-state index contributed by atoms with van der Waals surface area (Å²) in [6.45, 7) is 6.41. The first kappa shape index (κ1) is 18.0. The first-order valence-corrected chi connectivity index (χ1v) is 8.62. The van der Waals surface area contributed by atoms with Gasteiger partial charge in [-0.3, -0.25) is 9.59 Å². The molecule has 0 radical (unpaired) electrons. The Labute approximate surface area is 145 Å². The van der Waals surface area contributed by atoms with Crippen LogP contribution in [0.5, 0.6) is 0 Å². The van der Waals surface area contributed by atoms with Crippen molar-refractivity contribution in [2.24, 2.45) is 5.73 Å². The number of benzene rings is 1. The predicted octanol–water partition coefficient (Wildman–Crippen LogP) is 1.67. The third-order valence-electron chi connectivity index (χ3n) is 3.45. The Kier molecular flexibility index (Phi) is 5.97. The molecule has 128 valence electrons. The van der Waals surface area contributed by atoms with Crippen LogP contribution in [-0.2, 0) is 11.3 Å². The van der Waals surface area contributed by atoms with Gasteiger partial charge in [0.25, 0.3) is 5.91 Å². The summed E-state index contributed by atoms with van der Waals surface area (Å²) in [6.07, 6.45) is 0. The maximum Gasteiger partial charge on any atom is 0.251 e. The molecule has 1 atom stereocenters. The predicted molar refractivity (Wildman–Crippen MR) is 92.7 cm³/mol. The molecule has 0 aliphatic heterocycles. The van der Waals surface area contributed by atoms with E-state index in [4.69, 9.17) is 5.73 Å². The third-order valence-corrected chi connectivity index (χ3v) is 4.44. The van der Waals surface area contributed by atoms with E-state index in [9.17, 15) is 9.59 Å². The number of aryl methyl sites for hydroxylation is 1. The molecule has 0 aliphatic carbocycles. The Bertz CT molecular complexity index is 727. The highest BCUT2D eigenvalue weighted by molar-refractivity contribution is 7.99. The molecule has 8 heteroatoms. The first-order valence-electron chi connectivity index (χ1n) is 7.64. The SMILES string of the molecule is CCn1c(SCC(N)=O)nnc1[C@H](C)NC(=O)c1ccc(C)cc1. The number of rotatable bonds is 7. The van der Waals surface area contributed by atoms with Gasteiger partial charge in [0.1, 0.15) is 0 Å². The topological polar surface area (TPSA) is 103 Å². The molecule has 2 amide bonds. The third kappa shape index (κ3) is 4.35. The summed E-state index contributed by atoms with van der Waals surface area (Å²) in [4.78, 5) is 23.3. The van der Waals surface area contributed by atoms with Crippen molar-refractivity contribution in [1.82, 2.24) is 20.1 Å². The quantitative estimate of drug-likeness (QED) is 0.742. The van der Waals surface area contributed by atoms with Gasteiger partial charge < -0.3 is 15.6 Å². The van der Waals surface area contributed by atoms with Crippen LogP contribution in [0.25, 0.3) is 0 Å². The van der Waals surface area contributed by atoms with Crippen molar-refractivity contribution in [2.75, 3.05) is 5.75 Å². The number of nitrogens with one attached hydrogen (secondary N) is 1. The minimum atomic E-state index is -0.409. The average Bonchev–Trinajstić information content (AvgIpc) is 2.96. The molecule has 0 bridgehead atoms. The molecule has 1 heterocycles. The van der Waals surface area contributed by atoms with Crippen LogP contribution in [-0.4, -0.2) is 32.3 Å². The number of aromatic nitrogens is 3. The first-order chi connectivity index (χ1) is 11.4. The standard InChI is InChI=1S/C16H21N5O2S/c1-4-21-14(19-20-16(21)24-9-13(17)22)11(3)18-15(23)12-7-5-10(2)6-8-12/h5-8,11H,4,9H2,1-3H3,(H2,17,22)(H,18,23)/t11-/m0/s1. The normalized spacial score (nSPS) is 12.0. The van der Waals surface area contributed by atoms with E-state index in [0.29, 0.717) is 23.1 Å². The number of hydrogen-bond acceptors (Lipinski definition) is 5. The Balaban J connectivity index is 2.11. The molecule has 2 rings (SSSR count). The molecule has 3 N–H and O–H groups in total. The summed E-state index contributed by atoms with van der Waals surface area (Å²) in [6, 6.07) is 7.06. The van der Waals surface area contributed by atoms with E-state index >= 15 is 0 Å². The number of nitrogens with two attached hydrogens (primary N) is 1. The van der Waals surface area contributed by atoms with Gasteiger partial charge in [-0.1, -0.05) is 29.5 Å². The van der Waals surface area contributed by atoms with E-state index in [1.54, 1.807) is 12.1 Å². The van der Waals surface area contributed by atoms with Gasteiger partial charge in [-0.15, -0.1) is 10.2 Å². The molecule has 7 nitrogen and oxygen atoms in total. The monoisotopic (exact) mass is 347 g/mol.